The fourth-order valence-electron chi connectivity index (χ4n) is 7.48. The molecule has 1 amide bonds. The molecule has 0 saturated carbocycles. The van der Waals surface area contributed by atoms with E-state index < -0.39 is 32.1 Å². The molecule has 0 fully saturated rings. The minimum Gasteiger partial charge on any atom is -0.496 e. The number of hydrogen-bond acceptors (Lipinski definition) is 16. The summed E-state index contributed by atoms with van der Waals surface area (Å²) in [6.07, 6.45) is 9.71. The maximum Gasteiger partial charge on any atom is 0.220 e. The highest BCUT2D eigenvalue weighted by molar-refractivity contribution is 7.47. The van der Waals surface area contributed by atoms with Crippen LogP contribution in [0.4, 0.5) is 5.69 Å². The molecule has 7 N–H and O–H groups in total. The molecule has 374 valence electrons. The van der Waals surface area contributed by atoms with Crippen molar-refractivity contribution in [2.75, 3.05) is 84.6 Å². The zero-order valence-corrected chi connectivity index (χ0v) is 40.7. The third kappa shape index (κ3) is 16.7. The molecular weight excluding hydrogens is 900 g/mol. The number of imidazole rings is 1. The van der Waals surface area contributed by atoms with Gasteiger partial charge in [0, 0.05) is 73.3 Å². The average molecular weight is 969 g/mol. The van der Waals surface area contributed by atoms with E-state index in [4.69, 9.17) is 39.6 Å². The van der Waals surface area contributed by atoms with Crippen LogP contribution in [0.5, 0.6) is 11.5 Å². The molecule has 1 aromatic carbocycles. The molecule has 3 atom stereocenters. The quantitative estimate of drug-likeness (QED) is 0.00954. The molecule has 3 unspecified atom stereocenters. The molecule has 3 heterocycles. The number of benzene rings is 1. The third-order valence-electron chi connectivity index (χ3n) is 11.4. The van der Waals surface area contributed by atoms with Gasteiger partial charge in [0.25, 0.3) is 0 Å². The van der Waals surface area contributed by atoms with Crippen LogP contribution in [0.15, 0.2) is 53.9 Å². The Morgan fingerprint density at radius 1 is 1.01 bits per heavy atom. The summed E-state index contributed by atoms with van der Waals surface area (Å²) in [7, 11) is -0.898. The van der Waals surface area contributed by atoms with E-state index >= 15 is 0 Å². The van der Waals surface area contributed by atoms with Gasteiger partial charge in [0.1, 0.15) is 41.6 Å². The van der Waals surface area contributed by atoms with Crippen LogP contribution < -0.4 is 25.4 Å². The van der Waals surface area contributed by atoms with Gasteiger partial charge in [0.2, 0.25) is 5.91 Å². The molecule has 3 aromatic heterocycles. The standard InChI is InChI=1S/C46H69N10O11P/c1-6-46(68(60)61,34(4)45(48)49-33-47)27-37(31-58)50-44(59)10-9-14-56-28-38(52-53-56)32-66-21-20-64-17-16-63-18-19-65-22-23-67-40-13-15-55-29-41(51-43(55)26-40)36(30-57)24-35-11-12-39(25-42(35)62-5)54(7-2)8-3/h11-13,15,24-26,28-30,33-34,37,58,60-61H,6-10,14,16-23,27,31-32H2,1-5H3,(H,50,59)(H3,47,48,49)/b36-24+. The second kappa shape index (κ2) is 29.5. The lowest BCUT2D eigenvalue weighted by Crippen LogP contribution is -2.49. The normalized spacial score (nSPS) is 13.9. The number of hydrogen-bond donors (Lipinski definition) is 6. The fourth-order valence-corrected chi connectivity index (χ4v) is 8.62. The second-order valence-corrected chi connectivity index (χ2v) is 17.2. The molecule has 21 nitrogen and oxygen atoms in total. The largest absolute Gasteiger partial charge is 0.496 e. The third-order valence-corrected chi connectivity index (χ3v) is 13.1. The number of aromatic nitrogens is 5. The van der Waals surface area contributed by atoms with Crippen LogP contribution in [0.1, 0.15) is 70.3 Å². The van der Waals surface area contributed by atoms with E-state index in [1.54, 1.807) is 44.1 Å². The Labute approximate surface area is 399 Å². The van der Waals surface area contributed by atoms with Gasteiger partial charge >= 0.3 is 0 Å². The second-order valence-electron chi connectivity index (χ2n) is 15.7. The number of aldehydes is 1. The summed E-state index contributed by atoms with van der Waals surface area (Å²) in [6, 6.07) is 8.85. The van der Waals surface area contributed by atoms with Crippen molar-refractivity contribution in [3.8, 4) is 11.5 Å². The van der Waals surface area contributed by atoms with Crippen molar-refractivity contribution in [1.29, 1.82) is 5.41 Å². The number of amides is 1. The van der Waals surface area contributed by atoms with E-state index in [0.29, 0.717) is 106 Å². The maximum atomic E-state index is 12.7. The van der Waals surface area contributed by atoms with Crippen molar-refractivity contribution >= 4 is 55.7 Å². The highest BCUT2D eigenvalue weighted by Crippen LogP contribution is 2.52. The number of amidine groups is 1. The van der Waals surface area contributed by atoms with Crippen LogP contribution in [-0.4, -0.2) is 154 Å². The van der Waals surface area contributed by atoms with Gasteiger partial charge in [-0.3, -0.25) is 19.7 Å². The number of nitrogens with one attached hydrogen (secondary N) is 2. The first-order chi connectivity index (χ1) is 32.9. The SMILES string of the molecule is CCN(CC)c1ccc(/C=C(\C=O)c2cn3ccc(OCCOCCOCCOCCOCc4cn(CCCC(=O)NC(CO)CC(CC)(C(C)C(N)=NC=N)P(O)O)nn4)cc3n2)c(OC)c1. The van der Waals surface area contributed by atoms with Crippen molar-refractivity contribution in [1.82, 2.24) is 29.7 Å². The minimum atomic E-state index is -2.52. The van der Waals surface area contributed by atoms with Crippen LogP contribution in [0.3, 0.4) is 0 Å². The van der Waals surface area contributed by atoms with Gasteiger partial charge in [-0.25, -0.2) is 9.98 Å². The van der Waals surface area contributed by atoms with Gasteiger partial charge in [-0.2, -0.15) is 0 Å². The topological polar surface area (TPSA) is 276 Å². The lowest BCUT2D eigenvalue weighted by Gasteiger charge is -2.40. The van der Waals surface area contributed by atoms with Crippen molar-refractivity contribution in [2.45, 2.75) is 77.7 Å². The van der Waals surface area contributed by atoms with Gasteiger partial charge in [-0.15, -0.1) is 5.10 Å². The van der Waals surface area contributed by atoms with Gasteiger partial charge in [-0.05, 0) is 57.4 Å². The lowest BCUT2D eigenvalue weighted by molar-refractivity contribution is -0.122. The van der Waals surface area contributed by atoms with Crippen molar-refractivity contribution in [2.24, 2.45) is 16.6 Å². The number of aryl methyl sites for hydroxylation is 1. The van der Waals surface area contributed by atoms with E-state index in [1.165, 1.54) is 0 Å². The monoisotopic (exact) mass is 968 g/mol. The number of nitrogens with zero attached hydrogens (tertiary/aromatic N) is 7. The molecule has 68 heavy (non-hydrogen) atoms. The summed E-state index contributed by atoms with van der Waals surface area (Å²) in [5, 5.41) is 27.1. The fraction of sp³-hybridized carbons (Fsp3) is 0.543. The van der Waals surface area contributed by atoms with E-state index in [2.05, 4.69) is 44.4 Å². The molecule has 4 aromatic rings. The predicted octanol–water partition coefficient (Wildman–Crippen LogP) is 3.86. The van der Waals surface area contributed by atoms with Crippen LogP contribution in [0.2, 0.25) is 0 Å². The molecule has 4 rings (SSSR count). The van der Waals surface area contributed by atoms with Gasteiger partial charge in [0.05, 0.1) is 89.7 Å². The van der Waals surface area contributed by atoms with Crippen LogP contribution in [-0.2, 0) is 41.7 Å². The smallest absolute Gasteiger partial charge is 0.220 e. The Kier molecular flexibility index (Phi) is 24.0. The number of anilines is 1. The Morgan fingerprint density at radius 3 is 2.32 bits per heavy atom. The van der Waals surface area contributed by atoms with Gasteiger partial charge in [-0.1, -0.05) is 19.1 Å². The number of pyridine rings is 1. The number of rotatable bonds is 35. The molecule has 0 radical (unpaired) electrons. The summed E-state index contributed by atoms with van der Waals surface area (Å²) < 4.78 is 37.4. The maximum absolute atomic E-state index is 12.7. The van der Waals surface area contributed by atoms with Crippen molar-refractivity contribution in [3.05, 3.63) is 65.9 Å². The van der Waals surface area contributed by atoms with E-state index in [0.717, 1.165) is 37.0 Å². The van der Waals surface area contributed by atoms with Crippen LogP contribution in [0.25, 0.3) is 17.3 Å². The van der Waals surface area contributed by atoms with E-state index in [1.807, 2.05) is 40.9 Å². The number of fused-ring (bicyclic) bond motifs is 1. The number of carbonyl (C=O) groups excluding carboxylic acids is 2. The summed E-state index contributed by atoms with van der Waals surface area (Å²) in [4.78, 5) is 56.3. The Hall–Kier alpha value is -5.38. The highest BCUT2D eigenvalue weighted by atomic mass is 31.2. The zero-order valence-electron chi connectivity index (χ0n) is 39.8. The molecule has 22 heteroatoms. The number of allylic oxidation sites excluding steroid dienone is 1. The van der Waals surface area contributed by atoms with Crippen LogP contribution >= 0.6 is 8.38 Å². The number of methoxy groups -OCH3 is 1. The number of aliphatic imine (C=N–C) groups is 1. The highest BCUT2D eigenvalue weighted by Gasteiger charge is 2.45. The predicted molar refractivity (Wildman–Crippen MR) is 260 cm³/mol. The first kappa shape index (κ1) is 55.2. The van der Waals surface area contributed by atoms with Crippen molar-refractivity contribution in [3.63, 3.8) is 0 Å². The van der Waals surface area contributed by atoms with Crippen LogP contribution in [0, 0.1) is 11.3 Å². The van der Waals surface area contributed by atoms with E-state index in [9.17, 15) is 24.5 Å². The summed E-state index contributed by atoms with van der Waals surface area (Å²) in [5.41, 5.74) is 10.0. The lowest BCUT2D eigenvalue weighted by atomic mass is 9.84. The van der Waals surface area contributed by atoms with Gasteiger partial charge < -0.3 is 63.7 Å². The molecule has 0 aliphatic heterocycles. The number of aliphatic hydroxyl groups is 1. The number of carbonyl (C=O) groups is 2. The Morgan fingerprint density at radius 2 is 1.71 bits per heavy atom. The number of aliphatic hydroxyl groups excluding tert-OH is 1. The summed E-state index contributed by atoms with van der Waals surface area (Å²) >= 11 is 0. The molecular formula is C46H69N10O11P. The summed E-state index contributed by atoms with van der Waals surface area (Å²) in [6.45, 7) is 12.7. The number of nitrogens with two attached hydrogens (primary N) is 1. The minimum absolute atomic E-state index is 0.0628. The Balaban J connectivity index is 1.03. The molecule has 0 aliphatic carbocycles. The Bertz CT molecular complexity index is 2220. The van der Waals surface area contributed by atoms with Gasteiger partial charge in [0.15, 0.2) is 14.7 Å². The van der Waals surface area contributed by atoms with E-state index in [-0.39, 0.29) is 31.2 Å². The zero-order chi connectivity index (χ0) is 49.3. The first-order valence-electron chi connectivity index (χ1n) is 22.8. The first-order valence-corrected chi connectivity index (χ1v) is 24.0. The molecule has 0 bridgehead atoms. The molecule has 0 aliphatic rings. The van der Waals surface area contributed by atoms with Crippen molar-refractivity contribution < 1.29 is 52.9 Å². The average Bonchev–Trinajstić information content (AvgIpc) is 3.99. The summed E-state index contributed by atoms with van der Waals surface area (Å²) in [5.74, 6) is 0.458. The molecule has 0 saturated heterocycles. The molecule has 0 spiro atoms. The number of ether oxygens (including phenoxy) is 6.